The average molecular weight is 1040 g/mol. The van der Waals surface area contributed by atoms with Crippen LogP contribution in [0.1, 0.15) is 94.5 Å². The van der Waals surface area contributed by atoms with E-state index in [4.69, 9.17) is 0 Å². The lowest BCUT2D eigenvalue weighted by Gasteiger charge is -2.41. The fourth-order valence-electron chi connectivity index (χ4n) is 12.1. The fourth-order valence-corrected chi connectivity index (χ4v) is 12.1. The number of benzene rings is 1. The van der Waals surface area contributed by atoms with E-state index in [1.165, 1.54) is 21.9 Å². The van der Waals surface area contributed by atoms with E-state index in [9.17, 15) is 38.7 Å². The van der Waals surface area contributed by atoms with E-state index in [0.717, 1.165) is 29.5 Å². The summed E-state index contributed by atoms with van der Waals surface area (Å²) in [6.45, 7) is 11.8. The molecule has 1 aromatic carbocycles. The van der Waals surface area contributed by atoms with Crippen molar-refractivity contribution >= 4 is 64.1 Å². The molecule has 1 unspecified atom stereocenters. The number of anilines is 5. The van der Waals surface area contributed by atoms with Crippen molar-refractivity contribution in [2.75, 3.05) is 78.9 Å². The molecule has 396 valence electrons. The molecule has 3 saturated heterocycles. The summed E-state index contributed by atoms with van der Waals surface area (Å²) >= 11 is 0. The van der Waals surface area contributed by atoms with E-state index < -0.39 is 35.5 Å². The number of hydrogen-bond donors (Lipinski definition) is 3. The van der Waals surface area contributed by atoms with Gasteiger partial charge in [-0.25, -0.2) is 14.4 Å². The Morgan fingerprint density at radius 2 is 1.66 bits per heavy atom. The van der Waals surface area contributed by atoms with Gasteiger partial charge in [0.25, 0.3) is 23.3 Å². The smallest absolute Gasteiger partial charge is 0.276 e. The molecule has 3 fully saturated rings. The third-order valence-corrected chi connectivity index (χ3v) is 16.0. The van der Waals surface area contributed by atoms with Crippen LogP contribution in [-0.2, 0) is 47.4 Å². The molecule has 9 heterocycles. The summed E-state index contributed by atoms with van der Waals surface area (Å²) in [5.74, 6) is -2.49. The van der Waals surface area contributed by atoms with Crippen LogP contribution in [0.15, 0.2) is 65.8 Å². The van der Waals surface area contributed by atoms with Gasteiger partial charge in [-0.3, -0.25) is 53.6 Å². The Hall–Kier alpha value is -7.78. The van der Waals surface area contributed by atoms with Crippen LogP contribution in [0.2, 0.25) is 0 Å². The normalized spacial score (nSPS) is 20.6. The highest BCUT2D eigenvalue weighted by Crippen LogP contribution is 2.41. The predicted octanol–water partition coefficient (Wildman–Crippen LogP) is 3.84. The molecule has 0 radical (unpaired) electrons. The largest absolute Gasteiger partial charge is 0.392 e. The van der Waals surface area contributed by atoms with Gasteiger partial charge in [0.2, 0.25) is 17.7 Å². The molecule has 4 aromatic heterocycles. The van der Waals surface area contributed by atoms with Crippen molar-refractivity contribution in [1.82, 2.24) is 39.1 Å². The molecule has 11 rings (SSSR count). The number of halogens is 1. The molecule has 0 bridgehead atoms. The highest BCUT2D eigenvalue weighted by atomic mass is 19.1. The minimum Gasteiger partial charge on any atom is -0.392 e. The van der Waals surface area contributed by atoms with Gasteiger partial charge in [0.1, 0.15) is 34.9 Å². The number of pyridine rings is 3. The number of rotatable bonds is 12. The molecule has 2 atom stereocenters. The molecule has 5 aromatic rings. The number of carbonyl (C=O) groups excluding carboxylic acids is 6. The SMILES string of the molecule is C[C@H]1CN(C(=O)CCCN2CCN(c3cc4c(cc3F)C(=O)N(C3CCC(=O)NC3=O)C4=O)CC2)CCN1c1ccc(Nc2cc(-c3ccnc(N4CCn5c(cc6c5CC(C)(C)C6)C4=O)c3CO)cn(C)c2=O)nc1. The van der Waals surface area contributed by atoms with Gasteiger partial charge < -0.3 is 34.3 Å². The number of imide groups is 2. The van der Waals surface area contributed by atoms with Crippen molar-refractivity contribution < 1.29 is 38.3 Å². The van der Waals surface area contributed by atoms with Gasteiger partial charge in [0, 0.05) is 114 Å². The van der Waals surface area contributed by atoms with E-state index in [1.807, 2.05) is 28.0 Å². The monoisotopic (exact) mass is 1040 g/mol. The zero-order valence-corrected chi connectivity index (χ0v) is 43.1. The van der Waals surface area contributed by atoms with Crippen LogP contribution in [-0.4, -0.2) is 145 Å². The highest BCUT2D eigenvalue weighted by Gasteiger charge is 2.46. The van der Waals surface area contributed by atoms with Gasteiger partial charge in [-0.05, 0) is 98.2 Å². The molecule has 20 nitrogen and oxygen atoms in total. The lowest BCUT2D eigenvalue weighted by atomic mass is 9.90. The number of aryl methyl sites for hydroxylation is 1. The zero-order valence-electron chi connectivity index (χ0n) is 43.1. The van der Waals surface area contributed by atoms with Gasteiger partial charge in [0.15, 0.2) is 0 Å². The first kappa shape index (κ1) is 50.4. The second kappa shape index (κ2) is 19.7. The Labute approximate surface area is 438 Å². The number of piperazine rings is 2. The van der Waals surface area contributed by atoms with E-state index >= 15 is 4.39 Å². The van der Waals surface area contributed by atoms with Crippen molar-refractivity contribution in [3.05, 3.63) is 111 Å². The molecule has 6 amide bonds. The molecular formula is C55H61FN12O8. The predicted molar refractivity (Wildman–Crippen MR) is 280 cm³/mol. The number of aromatic nitrogens is 4. The summed E-state index contributed by atoms with van der Waals surface area (Å²) in [7, 11) is 1.66. The van der Waals surface area contributed by atoms with Crippen molar-refractivity contribution in [3.8, 4) is 11.1 Å². The van der Waals surface area contributed by atoms with Crippen LogP contribution in [0.25, 0.3) is 11.1 Å². The molecule has 3 N–H and O–H groups in total. The van der Waals surface area contributed by atoms with E-state index in [2.05, 4.69) is 55.7 Å². The number of nitrogens with one attached hydrogen (secondary N) is 2. The third-order valence-electron chi connectivity index (χ3n) is 16.0. The summed E-state index contributed by atoms with van der Waals surface area (Å²) in [5, 5.41) is 16.2. The number of amides is 6. The maximum Gasteiger partial charge on any atom is 0.276 e. The van der Waals surface area contributed by atoms with Gasteiger partial charge in [0.05, 0.1) is 35.3 Å². The van der Waals surface area contributed by atoms with Crippen LogP contribution in [0, 0.1) is 11.2 Å². The lowest BCUT2D eigenvalue weighted by molar-refractivity contribution is -0.136. The molecule has 76 heavy (non-hydrogen) atoms. The van der Waals surface area contributed by atoms with Crippen LogP contribution < -0.4 is 30.9 Å². The Kier molecular flexibility index (Phi) is 13.1. The maximum atomic E-state index is 15.5. The first-order chi connectivity index (χ1) is 36.5. The first-order valence-corrected chi connectivity index (χ1v) is 26.1. The second-order valence-electron chi connectivity index (χ2n) is 21.6. The summed E-state index contributed by atoms with van der Waals surface area (Å²) in [6, 6.07) is 10.6. The van der Waals surface area contributed by atoms with Crippen molar-refractivity contribution in [2.24, 2.45) is 12.5 Å². The molecule has 21 heteroatoms. The number of piperidine rings is 1. The lowest BCUT2D eigenvalue weighted by Crippen LogP contribution is -2.54. The first-order valence-electron chi connectivity index (χ1n) is 26.1. The second-order valence-corrected chi connectivity index (χ2v) is 21.6. The molecular weight excluding hydrogens is 976 g/mol. The average Bonchev–Trinajstić information content (AvgIpc) is 3.98. The molecule has 6 aliphatic rings. The van der Waals surface area contributed by atoms with Crippen molar-refractivity contribution in [1.29, 1.82) is 0 Å². The minimum absolute atomic E-state index is 0.00707. The van der Waals surface area contributed by atoms with Crippen molar-refractivity contribution in [2.45, 2.75) is 84.5 Å². The number of nitrogens with zero attached hydrogens (tertiary/aromatic N) is 10. The number of aliphatic hydroxyl groups excluding tert-OH is 1. The van der Waals surface area contributed by atoms with Gasteiger partial charge >= 0.3 is 0 Å². The highest BCUT2D eigenvalue weighted by molar-refractivity contribution is 6.23. The Morgan fingerprint density at radius 3 is 2.38 bits per heavy atom. The van der Waals surface area contributed by atoms with E-state index in [1.54, 1.807) is 42.7 Å². The Morgan fingerprint density at radius 1 is 0.882 bits per heavy atom. The Bertz CT molecular complexity index is 3290. The topological polar surface area (TPSA) is 219 Å². The van der Waals surface area contributed by atoms with Crippen LogP contribution in [0.5, 0.6) is 0 Å². The van der Waals surface area contributed by atoms with Crippen LogP contribution in [0.4, 0.5) is 33.1 Å². The quantitative estimate of drug-likeness (QED) is 0.151. The zero-order chi connectivity index (χ0) is 53.3. The Balaban J connectivity index is 0.665. The van der Waals surface area contributed by atoms with E-state index in [0.29, 0.717) is 112 Å². The number of carbonyl (C=O) groups is 6. The van der Waals surface area contributed by atoms with E-state index in [-0.39, 0.29) is 70.8 Å². The number of fused-ring (bicyclic) bond motifs is 4. The standard InChI is InChI=1S/C55H61FN12O8/c1-32-29-64(48(71)6-5-13-62-14-16-63(17-15-62)43-25-38-37(24-40(43)56)51(73)68(52(38)74)42-8-10-47(70)60-50(42)72)18-19-65(32)35-7-9-46(58-28-35)59-41-22-34(30-61(4)53(41)75)36-11-12-57-49(39(36)31-69)67-21-20-66-44(54(67)76)23-33-26-55(2,3)27-45(33)66/h7,9,11-12,22-25,28,30,32,42,69H,5-6,8,10,13-21,26-27,29,31H2,1-4H3,(H,58,59)(H,60,70,72)/t32-,42?/m0/s1. The van der Waals surface area contributed by atoms with Gasteiger partial charge in [-0.2, -0.15) is 0 Å². The third kappa shape index (κ3) is 9.17. The van der Waals surface area contributed by atoms with Crippen LogP contribution >= 0.6 is 0 Å². The summed E-state index contributed by atoms with van der Waals surface area (Å²) in [4.78, 5) is 112. The molecule has 1 aliphatic carbocycles. The summed E-state index contributed by atoms with van der Waals surface area (Å²) in [5.41, 5.74) is 6.05. The van der Waals surface area contributed by atoms with Crippen LogP contribution in [0.3, 0.4) is 0 Å². The molecule has 0 saturated carbocycles. The molecule has 5 aliphatic heterocycles. The van der Waals surface area contributed by atoms with Gasteiger partial charge in [-0.1, -0.05) is 13.8 Å². The fraction of sp³-hybridized carbons (Fsp3) is 0.436. The summed E-state index contributed by atoms with van der Waals surface area (Å²) < 4.78 is 19.1. The summed E-state index contributed by atoms with van der Waals surface area (Å²) in [6.07, 6.45) is 7.97. The maximum absolute atomic E-state index is 15.5. The van der Waals surface area contributed by atoms with Crippen molar-refractivity contribution in [3.63, 3.8) is 0 Å². The number of aliphatic hydroxyl groups is 1. The van der Waals surface area contributed by atoms with Gasteiger partial charge in [-0.15, -0.1) is 0 Å². The number of hydrogen-bond acceptors (Lipinski definition) is 14. The molecule has 0 spiro atoms. The minimum atomic E-state index is -1.13.